The summed E-state index contributed by atoms with van der Waals surface area (Å²) in [6, 6.07) is 0. The van der Waals surface area contributed by atoms with Gasteiger partial charge in [0.05, 0.1) is 16.9 Å². The Balaban J connectivity index is 2.76. The largest absolute Gasteiger partial charge is 0.356 e. The maximum atomic E-state index is 11.8. The fourth-order valence-electron chi connectivity index (χ4n) is 1.80. The van der Waals surface area contributed by atoms with Gasteiger partial charge in [-0.2, -0.15) is 0 Å². The van der Waals surface area contributed by atoms with Crippen molar-refractivity contribution in [3.63, 3.8) is 0 Å². The van der Waals surface area contributed by atoms with Gasteiger partial charge in [0.15, 0.2) is 0 Å². The minimum absolute atomic E-state index is 0.0708. The van der Waals surface area contributed by atoms with E-state index >= 15 is 0 Å². The second-order valence-electron chi connectivity index (χ2n) is 4.00. The summed E-state index contributed by atoms with van der Waals surface area (Å²) in [5, 5.41) is 2.72. The highest BCUT2D eigenvalue weighted by Gasteiger charge is 2.41. The lowest BCUT2D eigenvalue weighted by Gasteiger charge is -2.34. The summed E-state index contributed by atoms with van der Waals surface area (Å²) in [6.07, 6.45) is 0.690. The molecule has 88 valence electrons. The van der Waals surface area contributed by atoms with Crippen LogP contribution in [-0.2, 0) is 14.6 Å². The van der Waals surface area contributed by atoms with Crippen molar-refractivity contribution in [2.24, 2.45) is 11.1 Å². The summed E-state index contributed by atoms with van der Waals surface area (Å²) in [6.45, 7) is 2.60. The molecule has 0 aliphatic carbocycles. The number of sulfone groups is 1. The first kappa shape index (κ1) is 12.4. The number of hydrogen-bond acceptors (Lipinski definition) is 4. The third kappa shape index (κ3) is 2.69. The van der Waals surface area contributed by atoms with Crippen molar-refractivity contribution >= 4 is 15.7 Å². The smallest absolute Gasteiger partial charge is 0.227 e. The van der Waals surface area contributed by atoms with Crippen LogP contribution in [-0.4, -0.2) is 38.9 Å². The van der Waals surface area contributed by atoms with Crippen LogP contribution in [0.25, 0.3) is 0 Å². The fourth-order valence-corrected chi connectivity index (χ4v) is 3.41. The van der Waals surface area contributed by atoms with Crippen LogP contribution in [0.15, 0.2) is 0 Å². The maximum absolute atomic E-state index is 11.8. The molecule has 1 amide bonds. The van der Waals surface area contributed by atoms with E-state index in [4.69, 9.17) is 5.73 Å². The molecule has 0 bridgehead atoms. The van der Waals surface area contributed by atoms with Gasteiger partial charge in [-0.05, 0) is 19.8 Å². The lowest BCUT2D eigenvalue weighted by atomic mass is 9.81. The average Bonchev–Trinajstić information content (AvgIpc) is 2.19. The summed E-state index contributed by atoms with van der Waals surface area (Å²) in [7, 11) is -2.95. The summed E-state index contributed by atoms with van der Waals surface area (Å²) in [5.41, 5.74) is 4.94. The van der Waals surface area contributed by atoms with E-state index in [0.29, 0.717) is 19.4 Å². The molecule has 5 nitrogen and oxygen atoms in total. The van der Waals surface area contributed by atoms with Crippen LogP contribution < -0.4 is 11.1 Å². The highest BCUT2D eigenvalue weighted by atomic mass is 32.2. The van der Waals surface area contributed by atoms with Gasteiger partial charge in [-0.3, -0.25) is 4.79 Å². The zero-order chi connectivity index (χ0) is 11.5. The molecule has 6 heteroatoms. The molecule has 1 saturated heterocycles. The van der Waals surface area contributed by atoms with E-state index in [2.05, 4.69) is 5.32 Å². The van der Waals surface area contributed by atoms with Gasteiger partial charge in [0.1, 0.15) is 9.84 Å². The molecule has 0 radical (unpaired) electrons. The highest BCUT2D eigenvalue weighted by molar-refractivity contribution is 7.91. The first-order valence-corrected chi connectivity index (χ1v) is 6.97. The number of nitrogens with one attached hydrogen (secondary N) is 1. The van der Waals surface area contributed by atoms with Crippen LogP contribution in [0.3, 0.4) is 0 Å². The van der Waals surface area contributed by atoms with Crippen molar-refractivity contribution in [2.45, 2.75) is 19.8 Å². The molecule has 0 atom stereocenters. The van der Waals surface area contributed by atoms with E-state index in [9.17, 15) is 13.2 Å². The minimum Gasteiger partial charge on any atom is -0.356 e. The first-order valence-electron chi connectivity index (χ1n) is 5.14. The molecular formula is C9H18N2O3S. The molecule has 1 aliphatic heterocycles. The molecule has 0 unspecified atom stereocenters. The Morgan fingerprint density at radius 3 is 2.33 bits per heavy atom. The Morgan fingerprint density at radius 1 is 1.40 bits per heavy atom. The molecular weight excluding hydrogens is 216 g/mol. The Bertz CT molecular complexity index is 323. The number of carbonyl (C=O) groups excluding carboxylic acids is 1. The summed E-state index contributed by atoms with van der Waals surface area (Å²) in [4.78, 5) is 11.8. The normalized spacial score (nSPS) is 23.3. The lowest BCUT2D eigenvalue weighted by Crippen LogP contribution is -2.50. The van der Waals surface area contributed by atoms with Gasteiger partial charge in [-0.15, -0.1) is 0 Å². The van der Waals surface area contributed by atoms with Gasteiger partial charge in [0.2, 0.25) is 5.91 Å². The monoisotopic (exact) mass is 234 g/mol. The molecule has 15 heavy (non-hydrogen) atoms. The quantitative estimate of drug-likeness (QED) is 0.674. The summed E-state index contributed by atoms with van der Waals surface area (Å²) < 4.78 is 22.5. The van der Waals surface area contributed by atoms with Crippen molar-refractivity contribution < 1.29 is 13.2 Å². The second-order valence-corrected chi connectivity index (χ2v) is 6.30. The Kier molecular flexibility index (Phi) is 3.72. The third-order valence-corrected chi connectivity index (χ3v) is 4.65. The Morgan fingerprint density at radius 2 is 1.93 bits per heavy atom. The van der Waals surface area contributed by atoms with Gasteiger partial charge in [0.25, 0.3) is 0 Å². The number of nitrogens with two attached hydrogens (primary N) is 1. The summed E-state index contributed by atoms with van der Waals surface area (Å²) in [5.74, 6) is 0.0326. The van der Waals surface area contributed by atoms with Gasteiger partial charge in [-0.25, -0.2) is 8.42 Å². The van der Waals surface area contributed by atoms with E-state index < -0.39 is 15.3 Å². The maximum Gasteiger partial charge on any atom is 0.227 e. The Labute approximate surface area is 90.3 Å². The number of hydrogen-bond donors (Lipinski definition) is 2. The van der Waals surface area contributed by atoms with Gasteiger partial charge < -0.3 is 11.1 Å². The van der Waals surface area contributed by atoms with Crippen molar-refractivity contribution in [3.8, 4) is 0 Å². The molecule has 1 rings (SSSR count). The van der Waals surface area contributed by atoms with Gasteiger partial charge in [0, 0.05) is 13.1 Å². The molecule has 0 aromatic rings. The van der Waals surface area contributed by atoms with Crippen molar-refractivity contribution in [3.05, 3.63) is 0 Å². The highest BCUT2D eigenvalue weighted by Crippen LogP contribution is 2.31. The van der Waals surface area contributed by atoms with Crippen LogP contribution >= 0.6 is 0 Å². The average molecular weight is 234 g/mol. The number of rotatable bonds is 3. The zero-order valence-corrected chi connectivity index (χ0v) is 9.77. The van der Waals surface area contributed by atoms with Crippen molar-refractivity contribution in [2.75, 3.05) is 24.6 Å². The van der Waals surface area contributed by atoms with E-state index in [1.54, 1.807) is 0 Å². The Hall–Kier alpha value is -0.620. The molecule has 0 saturated carbocycles. The van der Waals surface area contributed by atoms with E-state index in [1.165, 1.54) is 0 Å². The third-order valence-electron chi connectivity index (χ3n) is 2.99. The fraction of sp³-hybridized carbons (Fsp3) is 0.889. The number of amides is 1. The predicted octanol–water partition coefficient (Wildman–Crippen LogP) is -0.724. The van der Waals surface area contributed by atoms with Crippen LogP contribution in [0.4, 0.5) is 0 Å². The van der Waals surface area contributed by atoms with E-state index in [-0.39, 0.29) is 24.0 Å². The SMILES string of the molecule is CCNC(=O)C1(CN)CCS(=O)(=O)CC1. The van der Waals surface area contributed by atoms with Crippen molar-refractivity contribution in [1.82, 2.24) is 5.32 Å². The van der Waals surface area contributed by atoms with Crippen LogP contribution in [0.2, 0.25) is 0 Å². The van der Waals surface area contributed by atoms with Crippen LogP contribution in [0, 0.1) is 5.41 Å². The molecule has 0 aromatic heterocycles. The van der Waals surface area contributed by atoms with Crippen molar-refractivity contribution in [1.29, 1.82) is 0 Å². The molecule has 1 heterocycles. The first-order chi connectivity index (χ1) is 6.96. The summed E-state index contributed by atoms with van der Waals surface area (Å²) >= 11 is 0. The zero-order valence-electron chi connectivity index (χ0n) is 8.95. The molecule has 0 aromatic carbocycles. The van der Waals surface area contributed by atoms with E-state index in [1.807, 2.05) is 6.92 Å². The van der Waals surface area contributed by atoms with Crippen LogP contribution in [0.1, 0.15) is 19.8 Å². The standard InChI is InChI=1S/C9H18N2O3S/c1-2-11-8(12)9(7-10)3-5-15(13,14)6-4-9/h2-7,10H2,1H3,(H,11,12). The minimum atomic E-state index is -2.95. The van der Waals surface area contributed by atoms with Gasteiger partial charge in [-0.1, -0.05) is 0 Å². The van der Waals surface area contributed by atoms with E-state index in [0.717, 1.165) is 0 Å². The number of carbonyl (C=O) groups is 1. The second kappa shape index (κ2) is 4.49. The van der Waals surface area contributed by atoms with Crippen LogP contribution in [0.5, 0.6) is 0 Å². The lowest BCUT2D eigenvalue weighted by molar-refractivity contribution is -0.130. The predicted molar refractivity (Wildman–Crippen MR) is 58.1 cm³/mol. The molecule has 0 spiro atoms. The molecule has 1 fully saturated rings. The topological polar surface area (TPSA) is 89.3 Å². The molecule has 1 aliphatic rings. The van der Waals surface area contributed by atoms with Gasteiger partial charge >= 0.3 is 0 Å². The molecule has 3 N–H and O–H groups in total.